The van der Waals surface area contributed by atoms with E-state index in [9.17, 15) is 4.39 Å². The predicted molar refractivity (Wildman–Crippen MR) is 107 cm³/mol. The molecule has 0 unspecified atom stereocenters. The fraction of sp³-hybridized carbons (Fsp3) is 0.250. The molecule has 0 amide bonds. The Labute approximate surface area is 166 Å². The van der Waals surface area contributed by atoms with Gasteiger partial charge in [-0.25, -0.2) is 4.39 Å². The number of nitrogens with zero attached hydrogens (tertiary/aromatic N) is 5. The molecule has 1 N–H and O–H groups in total. The first-order valence-electron chi connectivity index (χ1n) is 9.37. The molecule has 0 aliphatic carbocycles. The first-order chi connectivity index (χ1) is 14.3. The Kier molecular flexibility index (Phi) is 4.47. The summed E-state index contributed by atoms with van der Waals surface area (Å²) < 4.78 is 24.7. The monoisotopic (exact) mass is 394 g/mol. The second-order valence-electron chi connectivity index (χ2n) is 6.76. The number of hydrogen-bond acceptors (Lipinski definition) is 8. The number of benzene rings is 2. The van der Waals surface area contributed by atoms with Crippen LogP contribution in [0.1, 0.15) is 0 Å². The number of anilines is 4. The van der Waals surface area contributed by atoms with E-state index in [1.54, 1.807) is 12.3 Å². The topological polar surface area (TPSA) is 75.6 Å². The van der Waals surface area contributed by atoms with E-state index < -0.39 is 0 Å². The van der Waals surface area contributed by atoms with E-state index >= 15 is 0 Å². The van der Waals surface area contributed by atoms with Gasteiger partial charge in [0.2, 0.25) is 12.7 Å². The highest BCUT2D eigenvalue weighted by molar-refractivity contribution is 5.61. The van der Waals surface area contributed by atoms with Gasteiger partial charge in [0.1, 0.15) is 5.82 Å². The van der Waals surface area contributed by atoms with Gasteiger partial charge in [-0.2, -0.15) is 10.1 Å². The Hall–Kier alpha value is -3.62. The van der Waals surface area contributed by atoms with E-state index in [0.717, 1.165) is 30.3 Å². The molecule has 3 aromatic rings. The fourth-order valence-corrected chi connectivity index (χ4v) is 3.49. The van der Waals surface area contributed by atoms with Crippen LogP contribution in [-0.4, -0.2) is 48.2 Å². The number of rotatable bonds is 4. The quantitative estimate of drug-likeness (QED) is 0.724. The summed E-state index contributed by atoms with van der Waals surface area (Å²) in [5, 5.41) is 11.3. The summed E-state index contributed by atoms with van der Waals surface area (Å²) in [6.07, 6.45) is 1.64. The summed E-state index contributed by atoms with van der Waals surface area (Å²) >= 11 is 0. The number of ether oxygens (including phenoxy) is 2. The van der Waals surface area contributed by atoms with Crippen LogP contribution in [0.25, 0.3) is 0 Å². The van der Waals surface area contributed by atoms with Crippen molar-refractivity contribution in [2.75, 3.05) is 48.1 Å². The molecule has 2 aliphatic rings. The minimum Gasteiger partial charge on any atom is -0.454 e. The van der Waals surface area contributed by atoms with Crippen LogP contribution >= 0.6 is 0 Å². The van der Waals surface area contributed by atoms with Gasteiger partial charge in [-0.15, -0.1) is 5.10 Å². The number of piperazine rings is 1. The standard InChI is InChI=1S/C20H19FN6O2/c21-15-3-1-2-4-16(15)26-7-9-27(10-8-26)19-12-22-25-20(24-19)23-14-5-6-17-18(11-14)29-13-28-17/h1-6,11-12H,7-10,13H2,(H,23,24,25). The lowest BCUT2D eigenvalue weighted by Gasteiger charge is -2.36. The van der Waals surface area contributed by atoms with E-state index in [1.165, 1.54) is 6.07 Å². The van der Waals surface area contributed by atoms with Crippen LogP contribution in [0.15, 0.2) is 48.7 Å². The zero-order chi connectivity index (χ0) is 19.6. The highest BCUT2D eigenvalue weighted by Gasteiger charge is 2.21. The van der Waals surface area contributed by atoms with Crippen molar-refractivity contribution in [1.82, 2.24) is 15.2 Å². The minimum absolute atomic E-state index is 0.195. The number of fused-ring (bicyclic) bond motifs is 1. The molecule has 3 heterocycles. The van der Waals surface area contributed by atoms with Crippen molar-refractivity contribution < 1.29 is 13.9 Å². The van der Waals surface area contributed by atoms with Gasteiger partial charge in [-0.3, -0.25) is 0 Å². The van der Waals surface area contributed by atoms with Gasteiger partial charge in [0.15, 0.2) is 17.3 Å². The molecule has 1 saturated heterocycles. The van der Waals surface area contributed by atoms with Crippen LogP contribution in [0.2, 0.25) is 0 Å². The molecule has 148 valence electrons. The molecule has 0 radical (unpaired) electrons. The first kappa shape index (κ1) is 17.5. The maximum Gasteiger partial charge on any atom is 0.249 e. The largest absolute Gasteiger partial charge is 0.454 e. The van der Waals surface area contributed by atoms with Crippen LogP contribution in [-0.2, 0) is 0 Å². The highest BCUT2D eigenvalue weighted by atomic mass is 19.1. The van der Waals surface area contributed by atoms with Crippen LogP contribution in [0.3, 0.4) is 0 Å². The molecule has 29 heavy (non-hydrogen) atoms. The van der Waals surface area contributed by atoms with Gasteiger partial charge in [-0.05, 0) is 24.3 Å². The smallest absolute Gasteiger partial charge is 0.249 e. The van der Waals surface area contributed by atoms with Crippen molar-refractivity contribution in [3.05, 3.63) is 54.5 Å². The Morgan fingerprint density at radius 3 is 2.59 bits per heavy atom. The molecule has 2 aliphatic heterocycles. The maximum absolute atomic E-state index is 14.0. The van der Waals surface area contributed by atoms with Gasteiger partial charge in [0.05, 0.1) is 11.9 Å². The van der Waals surface area contributed by atoms with Crippen molar-refractivity contribution in [3.8, 4) is 11.5 Å². The maximum atomic E-state index is 14.0. The van der Waals surface area contributed by atoms with Crippen molar-refractivity contribution in [2.45, 2.75) is 0 Å². The summed E-state index contributed by atoms with van der Waals surface area (Å²) in [6.45, 7) is 3.07. The Morgan fingerprint density at radius 2 is 1.72 bits per heavy atom. The van der Waals surface area contributed by atoms with Crippen LogP contribution in [0.5, 0.6) is 11.5 Å². The second kappa shape index (κ2) is 7.42. The van der Waals surface area contributed by atoms with E-state index in [-0.39, 0.29) is 12.6 Å². The van der Waals surface area contributed by atoms with Crippen LogP contribution < -0.4 is 24.6 Å². The normalized spacial score (nSPS) is 15.5. The zero-order valence-electron chi connectivity index (χ0n) is 15.6. The third-order valence-corrected chi connectivity index (χ3v) is 4.97. The molecule has 0 bridgehead atoms. The van der Waals surface area contributed by atoms with Crippen molar-refractivity contribution in [2.24, 2.45) is 0 Å². The average Bonchev–Trinajstić information content (AvgIpc) is 3.22. The molecule has 8 nitrogen and oxygen atoms in total. The molecule has 0 saturated carbocycles. The Balaban J connectivity index is 1.26. The number of hydrogen-bond donors (Lipinski definition) is 1. The van der Waals surface area contributed by atoms with Crippen LogP contribution in [0.4, 0.5) is 27.5 Å². The molecule has 1 aromatic heterocycles. The number of nitrogens with one attached hydrogen (secondary N) is 1. The highest BCUT2D eigenvalue weighted by Crippen LogP contribution is 2.34. The second-order valence-corrected chi connectivity index (χ2v) is 6.76. The average molecular weight is 394 g/mol. The zero-order valence-corrected chi connectivity index (χ0v) is 15.6. The molecular weight excluding hydrogens is 375 g/mol. The molecule has 0 atom stereocenters. The lowest BCUT2D eigenvalue weighted by Crippen LogP contribution is -2.47. The fourth-order valence-electron chi connectivity index (χ4n) is 3.49. The molecule has 2 aromatic carbocycles. The lowest BCUT2D eigenvalue weighted by molar-refractivity contribution is 0.174. The third-order valence-electron chi connectivity index (χ3n) is 4.97. The number of para-hydroxylation sites is 1. The SMILES string of the molecule is Fc1ccccc1N1CCN(c2cnnc(Nc3ccc4c(c3)OCO4)n2)CC1. The molecular formula is C20H19FN6O2. The first-order valence-corrected chi connectivity index (χ1v) is 9.37. The summed E-state index contributed by atoms with van der Waals surface area (Å²) in [7, 11) is 0. The summed E-state index contributed by atoms with van der Waals surface area (Å²) in [6, 6.07) is 12.4. The minimum atomic E-state index is -0.195. The molecule has 0 spiro atoms. The molecule has 9 heteroatoms. The third kappa shape index (κ3) is 3.58. The number of aromatic nitrogens is 3. The summed E-state index contributed by atoms with van der Waals surface area (Å²) in [5.41, 5.74) is 1.43. The van der Waals surface area contributed by atoms with E-state index in [4.69, 9.17) is 9.47 Å². The van der Waals surface area contributed by atoms with Gasteiger partial charge in [0.25, 0.3) is 0 Å². The van der Waals surface area contributed by atoms with E-state index in [0.29, 0.717) is 30.5 Å². The van der Waals surface area contributed by atoms with Gasteiger partial charge in [-0.1, -0.05) is 12.1 Å². The van der Waals surface area contributed by atoms with Crippen LogP contribution in [0, 0.1) is 5.82 Å². The van der Waals surface area contributed by atoms with E-state index in [2.05, 4.69) is 25.4 Å². The molecule has 1 fully saturated rings. The van der Waals surface area contributed by atoms with Gasteiger partial charge >= 0.3 is 0 Å². The molecule has 5 rings (SSSR count). The predicted octanol–water partition coefficient (Wildman–Crippen LogP) is 2.81. The lowest BCUT2D eigenvalue weighted by atomic mass is 10.2. The van der Waals surface area contributed by atoms with Crippen molar-refractivity contribution >= 4 is 23.1 Å². The summed E-state index contributed by atoms with van der Waals surface area (Å²) in [5.74, 6) is 2.34. The van der Waals surface area contributed by atoms with Gasteiger partial charge < -0.3 is 24.6 Å². The van der Waals surface area contributed by atoms with Gasteiger partial charge in [0, 0.05) is 37.9 Å². The Bertz CT molecular complexity index is 1030. The van der Waals surface area contributed by atoms with Crippen molar-refractivity contribution in [1.29, 1.82) is 0 Å². The van der Waals surface area contributed by atoms with Crippen molar-refractivity contribution in [3.63, 3.8) is 0 Å². The summed E-state index contributed by atoms with van der Waals surface area (Å²) in [4.78, 5) is 8.75. The number of halogens is 1. The Morgan fingerprint density at radius 1 is 0.931 bits per heavy atom. The van der Waals surface area contributed by atoms with E-state index in [1.807, 2.05) is 35.2 Å².